The largest absolute Gasteiger partial charge is 0.416 e. The Kier molecular flexibility index (Phi) is 6.29. The molecule has 12 heteroatoms. The van der Waals surface area contributed by atoms with Gasteiger partial charge in [-0.1, -0.05) is 12.1 Å². The van der Waals surface area contributed by atoms with Gasteiger partial charge in [-0.25, -0.2) is 13.2 Å². The first-order valence-electron chi connectivity index (χ1n) is 13.4. The van der Waals surface area contributed by atoms with Crippen LogP contribution in [0.5, 0.6) is 0 Å². The summed E-state index contributed by atoms with van der Waals surface area (Å²) in [6, 6.07) is 9.06. The van der Waals surface area contributed by atoms with Crippen molar-refractivity contribution in [1.29, 1.82) is 0 Å². The molecule has 2 aliphatic carbocycles. The molecule has 0 saturated heterocycles. The quantitative estimate of drug-likeness (QED) is 0.356. The molecule has 0 atom stereocenters. The summed E-state index contributed by atoms with van der Waals surface area (Å²) >= 11 is 0. The summed E-state index contributed by atoms with van der Waals surface area (Å²) in [7, 11) is 1.72. The summed E-state index contributed by atoms with van der Waals surface area (Å²) < 4.78 is 86.0. The molecule has 2 heterocycles. The zero-order chi connectivity index (χ0) is 29.4. The molecule has 0 bridgehead atoms. The van der Waals surface area contributed by atoms with E-state index in [2.05, 4.69) is 15.5 Å². The monoisotopic (exact) mass is 577 g/mol. The molecule has 0 spiro atoms. The average molecular weight is 578 g/mol. The number of nitrogens with one attached hydrogen (secondary N) is 1. The Morgan fingerprint density at radius 3 is 2.46 bits per heavy atom. The number of carbonyl (C=O) groups is 1. The van der Waals surface area contributed by atoms with E-state index >= 15 is 0 Å². The van der Waals surface area contributed by atoms with E-state index in [1.54, 1.807) is 35.9 Å². The molecule has 41 heavy (non-hydrogen) atoms. The van der Waals surface area contributed by atoms with Crippen LogP contribution in [0.4, 0.5) is 32.0 Å². The maximum atomic E-state index is 14.2. The highest BCUT2D eigenvalue weighted by atomic mass is 19.4. The van der Waals surface area contributed by atoms with E-state index in [-0.39, 0.29) is 49.0 Å². The summed E-state index contributed by atoms with van der Waals surface area (Å²) in [5.41, 5.74) is -1.35. The van der Waals surface area contributed by atoms with Crippen molar-refractivity contribution in [3.05, 3.63) is 76.4 Å². The fourth-order valence-electron chi connectivity index (χ4n) is 6.55. The standard InChI is InChI=1S/C29H29F6N5O/c1-26(9-19(30)10-26)36-12-17-6-21-22(23(7-17)29(33,34)35)13-40(25(21)41)20-5-3-4-18(8-20)27(14-28(31,32)15-27)11-24-38-37-16-39(24)2/h3-8,16,19,36H,9-15H2,1-2H3. The summed E-state index contributed by atoms with van der Waals surface area (Å²) in [4.78, 5) is 14.8. The molecule has 2 aromatic carbocycles. The smallest absolute Gasteiger partial charge is 0.321 e. The Morgan fingerprint density at radius 1 is 1.12 bits per heavy atom. The molecule has 3 aromatic rings. The van der Waals surface area contributed by atoms with Gasteiger partial charge >= 0.3 is 6.18 Å². The van der Waals surface area contributed by atoms with Crippen LogP contribution < -0.4 is 10.2 Å². The summed E-state index contributed by atoms with van der Waals surface area (Å²) in [6.45, 7) is 1.57. The van der Waals surface area contributed by atoms with Crippen LogP contribution in [0.15, 0.2) is 42.7 Å². The molecule has 3 aliphatic rings. The Morgan fingerprint density at radius 2 is 1.85 bits per heavy atom. The third-order valence-corrected chi connectivity index (χ3v) is 8.74. The number of anilines is 1. The van der Waals surface area contributed by atoms with Gasteiger partial charge in [0.25, 0.3) is 5.91 Å². The van der Waals surface area contributed by atoms with Gasteiger partial charge < -0.3 is 14.8 Å². The van der Waals surface area contributed by atoms with Gasteiger partial charge in [-0.2, -0.15) is 13.2 Å². The van der Waals surface area contributed by atoms with E-state index in [0.29, 0.717) is 17.1 Å². The van der Waals surface area contributed by atoms with Crippen molar-refractivity contribution in [2.45, 2.75) is 81.3 Å². The second-order valence-corrected chi connectivity index (χ2v) is 12.1. The highest BCUT2D eigenvalue weighted by Gasteiger charge is 2.57. The normalized spacial score (nSPS) is 24.6. The number of carbonyl (C=O) groups excluding carboxylic acids is 1. The lowest BCUT2D eigenvalue weighted by Crippen LogP contribution is -2.53. The van der Waals surface area contributed by atoms with Gasteiger partial charge in [-0.3, -0.25) is 4.79 Å². The van der Waals surface area contributed by atoms with E-state index in [1.807, 2.05) is 6.92 Å². The molecule has 2 saturated carbocycles. The third-order valence-electron chi connectivity index (χ3n) is 8.74. The van der Waals surface area contributed by atoms with Crippen LogP contribution in [0, 0.1) is 0 Å². The topological polar surface area (TPSA) is 63.1 Å². The Balaban J connectivity index is 1.31. The van der Waals surface area contributed by atoms with Gasteiger partial charge in [0.2, 0.25) is 5.92 Å². The lowest BCUT2D eigenvalue weighted by molar-refractivity contribution is -0.138. The van der Waals surface area contributed by atoms with E-state index in [0.717, 1.165) is 6.07 Å². The lowest BCUT2D eigenvalue weighted by atomic mass is 9.60. The number of alkyl halides is 6. The van der Waals surface area contributed by atoms with Gasteiger partial charge in [0.15, 0.2) is 0 Å². The molecule has 1 amide bonds. The third kappa shape index (κ3) is 5.00. The maximum absolute atomic E-state index is 14.2. The Bertz CT molecular complexity index is 1500. The molecule has 218 valence electrons. The fraction of sp³-hybridized carbons (Fsp3) is 0.483. The van der Waals surface area contributed by atoms with Crippen molar-refractivity contribution in [2.75, 3.05) is 4.90 Å². The summed E-state index contributed by atoms with van der Waals surface area (Å²) in [5.74, 6) is -2.92. The predicted molar refractivity (Wildman–Crippen MR) is 138 cm³/mol. The number of amides is 1. The predicted octanol–water partition coefficient (Wildman–Crippen LogP) is 5.88. The number of nitrogens with zero attached hydrogens (tertiary/aromatic N) is 4. The van der Waals surface area contributed by atoms with E-state index in [9.17, 15) is 31.1 Å². The van der Waals surface area contributed by atoms with Crippen LogP contribution >= 0.6 is 0 Å². The van der Waals surface area contributed by atoms with Gasteiger partial charge in [0, 0.05) is 55.1 Å². The van der Waals surface area contributed by atoms with E-state index < -0.39 is 53.5 Å². The minimum absolute atomic E-state index is 0.0480. The van der Waals surface area contributed by atoms with Gasteiger partial charge in [-0.05, 0) is 60.7 Å². The molecule has 1 aliphatic heterocycles. The molecule has 6 rings (SSSR count). The van der Waals surface area contributed by atoms with Crippen LogP contribution in [0.25, 0.3) is 0 Å². The number of aromatic nitrogens is 3. The van der Waals surface area contributed by atoms with Gasteiger partial charge in [0.05, 0.1) is 12.1 Å². The van der Waals surface area contributed by atoms with Crippen molar-refractivity contribution < 1.29 is 31.1 Å². The minimum Gasteiger partial charge on any atom is -0.321 e. The number of halogens is 6. The van der Waals surface area contributed by atoms with Crippen LogP contribution in [-0.2, 0) is 38.1 Å². The molecule has 1 aromatic heterocycles. The van der Waals surface area contributed by atoms with Crippen molar-refractivity contribution in [3.8, 4) is 0 Å². The number of hydrogen-bond donors (Lipinski definition) is 1. The Labute approximate surface area is 232 Å². The van der Waals surface area contributed by atoms with Crippen LogP contribution in [0.2, 0.25) is 0 Å². The first kappa shape index (κ1) is 27.7. The van der Waals surface area contributed by atoms with Gasteiger partial charge in [0.1, 0.15) is 18.3 Å². The summed E-state index contributed by atoms with van der Waals surface area (Å²) in [5, 5.41) is 11.0. The maximum Gasteiger partial charge on any atom is 0.416 e. The van der Waals surface area contributed by atoms with E-state index in [1.165, 1.54) is 17.3 Å². The first-order valence-corrected chi connectivity index (χ1v) is 13.4. The second-order valence-electron chi connectivity index (χ2n) is 12.1. The molecular formula is C29H29F6N5O. The molecule has 2 fully saturated rings. The Hall–Kier alpha value is -3.41. The summed E-state index contributed by atoms with van der Waals surface area (Å²) in [6.07, 6.45) is -4.22. The lowest BCUT2D eigenvalue weighted by Gasteiger charge is -2.48. The highest BCUT2D eigenvalue weighted by molar-refractivity contribution is 6.10. The molecule has 0 radical (unpaired) electrons. The van der Waals surface area contributed by atoms with E-state index in [4.69, 9.17) is 0 Å². The van der Waals surface area contributed by atoms with Crippen LogP contribution in [0.3, 0.4) is 0 Å². The van der Waals surface area contributed by atoms with Gasteiger partial charge in [-0.15, -0.1) is 10.2 Å². The van der Waals surface area contributed by atoms with Crippen molar-refractivity contribution in [3.63, 3.8) is 0 Å². The fourth-order valence-corrected chi connectivity index (χ4v) is 6.55. The highest BCUT2D eigenvalue weighted by Crippen LogP contribution is 2.55. The number of benzene rings is 2. The second kappa shape index (κ2) is 9.30. The zero-order valence-corrected chi connectivity index (χ0v) is 22.5. The molecule has 0 unspecified atom stereocenters. The van der Waals surface area contributed by atoms with Crippen molar-refractivity contribution >= 4 is 11.6 Å². The molecule has 1 N–H and O–H groups in total. The first-order chi connectivity index (χ1) is 19.2. The number of fused-ring (bicyclic) bond motifs is 1. The van der Waals surface area contributed by atoms with Crippen LogP contribution in [-0.4, -0.2) is 38.3 Å². The minimum atomic E-state index is -4.69. The number of rotatable bonds is 7. The average Bonchev–Trinajstić information content (AvgIpc) is 3.42. The number of aryl methyl sites for hydroxylation is 1. The molecule has 6 nitrogen and oxygen atoms in total. The van der Waals surface area contributed by atoms with Crippen LogP contribution in [0.1, 0.15) is 71.0 Å². The SMILES string of the molecule is Cn1cnnc1CC1(c2cccc(N3Cc4c(cc(CNC5(C)CC(F)C5)cc4C(F)(F)F)C3=O)c2)CC(F)(F)C1. The number of hydrogen-bond acceptors (Lipinski definition) is 4. The van der Waals surface area contributed by atoms with Crippen molar-refractivity contribution in [2.24, 2.45) is 7.05 Å². The van der Waals surface area contributed by atoms with Crippen molar-refractivity contribution in [1.82, 2.24) is 20.1 Å². The molecular weight excluding hydrogens is 548 g/mol. The zero-order valence-electron chi connectivity index (χ0n) is 22.5.